The Morgan fingerprint density at radius 3 is 2.34 bits per heavy atom. The Balaban J connectivity index is 2.16. The second-order valence-electron chi connectivity index (χ2n) is 8.29. The highest BCUT2D eigenvalue weighted by atomic mass is 19.4. The highest BCUT2D eigenvalue weighted by Crippen LogP contribution is 2.42. The molecule has 2 aromatic rings. The summed E-state index contributed by atoms with van der Waals surface area (Å²) in [5.41, 5.74) is -1.87. The molecule has 0 spiro atoms. The highest BCUT2D eigenvalue weighted by molar-refractivity contribution is 6.17. The molecule has 0 aliphatic carbocycles. The predicted molar refractivity (Wildman–Crippen MR) is 103 cm³/mol. The van der Waals surface area contributed by atoms with E-state index in [4.69, 9.17) is 9.15 Å². The van der Waals surface area contributed by atoms with Gasteiger partial charge in [-0.15, -0.1) is 0 Å². The first kappa shape index (κ1) is 23.5. The fraction of sp³-hybridized carbons (Fsp3) is 0.364. The van der Waals surface area contributed by atoms with Gasteiger partial charge in [-0.3, -0.25) is 4.79 Å². The summed E-state index contributed by atoms with van der Waals surface area (Å²) in [4.78, 5) is 26.8. The summed E-state index contributed by atoms with van der Waals surface area (Å²) in [6.07, 6.45) is -4.33. The van der Waals surface area contributed by atoms with Gasteiger partial charge in [0.2, 0.25) is 5.76 Å². The third-order valence-electron chi connectivity index (χ3n) is 4.76. The molecule has 1 aliphatic rings. The molecule has 2 heterocycles. The number of hydrogen-bond donors (Lipinski definition) is 0. The van der Waals surface area contributed by atoms with Crippen molar-refractivity contribution in [3.8, 4) is 0 Å². The molecular weight excluding hydrogens is 437 g/mol. The number of halogens is 5. The SMILES string of the molecule is CC(C)OC(=O)C1=CN(C(=O)c2ccc(F)c(F)c2)CC(C)(C)c2oc(C(F)(F)F)cc21. The number of rotatable bonds is 3. The summed E-state index contributed by atoms with van der Waals surface area (Å²) in [6.45, 7) is 5.97. The minimum atomic E-state index is -4.80. The van der Waals surface area contributed by atoms with Gasteiger partial charge in [0.15, 0.2) is 11.6 Å². The van der Waals surface area contributed by atoms with Crippen LogP contribution in [-0.4, -0.2) is 29.4 Å². The van der Waals surface area contributed by atoms with Crippen LogP contribution in [0.1, 0.15) is 55.1 Å². The van der Waals surface area contributed by atoms with Crippen LogP contribution in [0.2, 0.25) is 0 Å². The molecule has 10 heteroatoms. The lowest BCUT2D eigenvalue weighted by Gasteiger charge is -2.28. The monoisotopic (exact) mass is 457 g/mol. The second-order valence-corrected chi connectivity index (χ2v) is 8.29. The summed E-state index contributed by atoms with van der Waals surface area (Å²) < 4.78 is 77.1. The molecule has 3 rings (SSSR count). The Bertz CT molecular complexity index is 1100. The van der Waals surface area contributed by atoms with Crippen molar-refractivity contribution in [2.24, 2.45) is 0 Å². The van der Waals surface area contributed by atoms with E-state index in [1.165, 1.54) is 13.8 Å². The van der Waals surface area contributed by atoms with E-state index in [-0.39, 0.29) is 29.0 Å². The smallest absolute Gasteiger partial charge is 0.449 e. The summed E-state index contributed by atoms with van der Waals surface area (Å²) in [5, 5.41) is 0. The molecule has 172 valence electrons. The normalized spacial score (nSPS) is 15.8. The quantitative estimate of drug-likeness (QED) is 0.464. The number of fused-ring (bicyclic) bond motifs is 1. The van der Waals surface area contributed by atoms with E-state index in [1.54, 1.807) is 13.8 Å². The van der Waals surface area contributed by atoms with Crippen molar-refractivity contribution in [2.45, 2.75) is 45.4 Å². The van der Waals surface area contributed by atoms with E-state index >= 15 is 0 Å². The number of esters is 1. The predicted octanol–water partition coefficient (Wildman–Crippen LogP) is 5.30. The third kappa shape index (κ3) is 4.53. The van der Waals surface area contributed by atoms with E-state index in [0.717, 1.165) is 23.2 Å². The van der Waals surface area contributed by atoms with Crippen LogP contribution >= 0.6 is 0 Å². The van der Waals surface area contributed by atoms with Gasteiger partial charge in [-0.05, 0) is 38.1 Å². The summed E-state index contributed by atoms with van der Waals surface area (Å²) in [5.74, 6) is -5.58. The van der Waals surface area contributed by atoms with Crippen molar-refractivity contribution in [3.05, 3.63) is 64.7 Å². The van der Waals surface area contributed by atoms with E-state index in [0.29, 0.717) is 12.1 Å². The largest absolute Gasteiger partial charge is 0.459 e. The van der Waals surface area contributed by atoms with E-state index in [1.807, 2.05) is 0 Å². The minimum absolute atomic E-state index is 0.155. The van der Waals surface area contributed by atoms with Crippen LogP contribution < -0.4 is 0 Å². The standard InChI is InChI=1S/C22H20F5NO4/c1-11(2)31-20(30)14-9-28(19(29)12-5-6-15(23)16(24)7-12)10-21(3,4)18-13(14)8-17(32-18)22(25,26)27/h5-9,11H,10H2,1-4H3. The van der Waals surface area contributed by atoms with Crippen LogP contribution in [0.3, 0.4) is 0 Å². The van der Waals surface area contributed by atoms with Crippen LogP contribution in [0.15, 0.2) is 34.9 Å². The number of furan rings is 1. The van der Waals surface area contributed by atoms with Gasteiger partial charge in [0, 0.05) is 29.3 Å². The number of amides is 1. The van der Waals surface area contributed by atoms with Gasteiger partial charge in [0.25, 0.3) is 5.91 Å². The fourth-order valence-corrected chi connectivity index (χ4v) is 3.37. The Morgan fingerprint density at radius 2 is 1.78 bits per heavy atom. The van der Waals surface area contributed by atoms with Crippen molar-refractivity contribution in [1.29, 1.82) is 0 Å². The molecule has 1 aliphatic heterocycles. The van der Waals surface area contributed by atoms with Crippen molar-refractivity contribution in [2.75, 3.05) is 6.54 Å². The lowest BCUT2D eigenvalue weighted by atomic mass is 9.87. The maximum Gasteiger partial charge on any atom is 0.449 e. The van der Waals surface area contributed by atoms with Crippen molar-refractivity contribution < 1.29 is 40.7 Å². The molecule has 1 amide bonds. The van der Waals surface area contributed by atoms with E-state index in [9.17, 15) is 31.5 Å². The number of ether oxygens (including phenoxy) is 1. The summed E-state index contributed by atoms with van der Waals surface area (Å²) in [6, 6.07) is 3.24. The Hall–Kier alpha value is -3.17. The number of nitrogens with zero attached hydrogens (tertiary/aromatic N) is 1. The molecule has 0 radical (unpaired) electrons. The molecule has 5 nitrogen and oxygen atoms in total. The third-order valence-corrected chi connectivity index (χ3v) is 4.76. The van der Waals surface area contributed by atoms with Crippen LogP contribution in [0.25, 0.3) is 5.57 Å². The average molecular weight is 457 g/mol. The van der Waals surface area contributed by atoms with Crippen LogP contribution in [0, 0.1) is 11.6 Å². The Kier molecular flexibility index (Phi) is 5.92. The van der Waals surface area contributed by atoms with Gasteiger partial charge in [0.05, 0.1) is 11.7 Å². The molecule has 1 aromatic carbocycles. The van der Waals surface area contributed by atoms with E-state index < -0.39 is 47.0 Å². The zero-order valence-corrected chi connectivity index (χ0v) is 17.6. The maximum absolute atomic E-state index is 13.7. The Labute approximate surface area is 180 Å². The van der Waals surface area contributed by atoms with Crippen LogP contribution in [-0.2, 0) is 21.1 Å². The first-order chi connectivity index (χ1) is 14.7. The van der Waals surface area contributed by atoms with Gasteiger partial charge < -0.3 is 14.1 Å². The molecule has 32 heavy (non-hydrogen) atoms. The van der Waals surface area contributed by atoms with Crippen molar-refractivity contribution >= 4 is 17.4 Å². The fourth-order valence-electron chi connectivity index (χ4n) is 3.37. The van der Waals surface area contributed by atoms with Crippen molar-refractivity contribution in [3.63, 3.8) is 0 Å². The first-order valence-electron chi connectivity index (χ1n) is 9.61. The summed E-state index contributed by atoms with van der Waals surface area (Å²) >= 11 is 0. The maximum atomic E-state index is 13.7. The van der Waals surface area contributed by atoms with Crippen molar-refractivity contribution in [1.82, 2.24) is 4.90 Å². The number of carbonyl (C=O) groups is 2. The molecule has 0 N–H and O–H groups in total. The molecule has 0 saturated carbocycles. The average Bonchev–Trinajstić information content (AvgIpc) is 3.08. The minimum Gasteiger partial charge on any atom is -0.459 e. The molecular formula is C22H20F5NO4. The van der Waals surface area contributed by atoms with Crippen LogP contribution in [0.5, 0.6) is 0 Å². The molecule has 0 atom stereocenters. The molecule has 0 fully saturated rings. The Morgan fingerprint density at radius 1 is 1.12 bits per heavy atom. The number of carbonyl (C=O) groups excluding carboxylic acids is 2. The topological polar surface area (TPSA) is 59.8 Å². The lowest BCUT2D eigenvalue weighted by Crippen LogP contribution is -2.37. The zero-order chi connectivity index (χ0) is 24.0. The number of benzene rings is 1. The second kappa shape index (κ2) is 8.07. The molecule has 0 saturated heterocycles. The van der Waals surface area contributed by atoms with Gasteiger partial charge in [0.1, 0.15) is 5.76 Å². The van der Waals surface area contributed by atoms with E-state index in [2.05, 4.69) is 0 Å². The first-order valence-corrected chi connectivity index (χ1v) is 9.61. The molecule has 0 bridgehead atoms. The van der Waals surface area contributed by atoms with Gasteiger partial charge >= 0.3 is 12.1 Å². The number of alkyl halides is 3. The molecule has 0 unspecified atom stereocenters. The summed E-state index contributed by atoms with van der Waals surface area (Å²) in [7, 11) is 0. The lowest BCUT2D eigenvalue weighted by molar-refractivity contribution is -0.153. The highest BCUT2D eigenvalue weighted by Gasteiger charge is 2.43. The number of hydrogen-bond acceptors (Lipinski definition) is 4. The van der Waals surface area contributed by atoms with Gasteiger partial charge in [-0.1, -0.05) is 13.8 Å². The van der Waals surface area contributed by atoms with Gasteiger partial charge in [-0.25, -0.2) is 13.6 Å². The molecule has 1 aromatic heterocycles. The van der Waals surface area contributed by atoms with Gasteiger partial charge in [-0.2, -0.15) is 13.2 Å². The van der Waals surface area contributed by atoms with Crippen LogP contribution in [0.4, 0.5) is 22.0 Å². The zero-order valence-electron chi connectivity index (χ0n) is 17.6.